The van der Waals surface area contributed by atoms with Crippen molar-refractivity contribution in [3.05, 3.63) is 60.2 Å². The number of carboxylic acid groups (broad SMARTS) is 1. The number of benzene rings is 2. The zero-order chi connectivity index (χ0) is 16.2. The van der Waals surface area contributed by atoms with Gasteiger partial charge in [0, 0.05) is 0 Å². The van der Waals surface area contributed by atoms with Gasteiger partial charge in [0.15, 0.2) is 0 Å². The molecule has 0 aliphatic heterocycles. The first-order valence-corrected chi connectivity index (χ1v) is 7.84. The van der Waals surface area contributed by atoms with E-state index in [1.54, 1.807) is 30.3 Å². The van der Waals surface area contributed by atoms with Crippen LogP contribution in [0.1, 0.15) is 5.56 Å². The fraction of sp³-hybridized carbons (Fsp3) is 0.133. The zero-order valence-corrected chi connectivity index (χ0v) is 12.7. The van der Waals surface area contributed by atoms with E-state index in [4.69, 9.17) is 9.94 Å². The third-order valence-electron chi connectivity index (χ3n) is 2.93. The Balaban J connectivity index is 2.34. The second kappa shape index (κ2) is 6.59. The van der Waals surface area contributed by atoms with Crippen LogP contribution in [-0.4, -0.2) is 26.6 Å². The molecule has 0 fully saturated rings. The Kier molecular flexibility index (Phi) is 4.79. The van der Waals surface area contributed by atoms with E-state index in [9.17, 15) is 13.2 Å². The van der Waals surface area contributed by atoms with Crippen molar-refractivity contribution in [1.29, 1.82) is 0 Å². The molecule has 7 heteroatoms. The van der Waals surface area contributed by atoms with E-state index < -0.39 is 16.0 Å². The smallest absolute Gasteiger partial charge is 0.307 e. The van der Waals surface area contributed by atoms with Gasteiger partial charge in [-0.1, -0.05) is 30.3 Å². The Morgan fingerprint density at radius 1 is 1.09 bits per heavy atom. The molecule has 0 aromatic heterocycles. The van der Waals surface area contributed by atoms with Crippen molar-refractivity contribution in [2.75, 3.05) is 11.6 Å². The normalized spacial score (nSPS) is 11.1. The molecule has 0 bridgehead atoms. The van der Waals surface area contributed by atoms with Gasteiger partial charge in [0.2, 0.25) is 0 Å². The molecule has 2 rings (SSSR count). The number of carbonyl (C=O) groups is 1. The highest BCUT2D eigenvalue weighted by Gasteiger charge is 2.25. The summed E-state index contributed by atoms with van der Waals surface area (Å²) in [5.74, 6) is -0.974. The molecule has 0 saturated heterocycles. The average molecular weight is 321 g/mol. The van der Waals surface area contributed by atoms with E-state index in [1.807, 2.05) is 0 Å². The minimum Gasteiger partial charge on any atom is -0.481 e. The number of hydrogen-bond donors (Lipinski definition) is 1. The van der Waals surface area contributed by atoms with Gasteiger partial charge in [-0.3, -0.25) is 9.63 Å². The van der Waals surface area contributed by atoms with Crippen LogP contribution in [0.15, 0.2) is 59.5 Å². The number of anilines is 1. The standard InChI is InChI=1S/C15H15NO5S/c1-21-16(13-5-3-2-4-6-13)22(19,20)14-9-7-12(8-10-14)11-15(17)18/h2-10H,11H2,1H3,(H,17,18). The fourth-order valence-electron chi connectivity index (χ4n) is 1.94. The number of rotatable bonds is 6. The predicted octanol–water partition coefficient (Wildman–Crippen LogP) is 2.07. The van der Waals surface area contributed by atoms with E-state index in [-0.39, 0.29) is 11.3 Å². The Labute approximate surface area is 128 Å². The van der Waals surface area contributed by atoms with Gasteiger partial charge < -0.3 is 5.11 Å². The van der Waals surface area contributed by atoms with Crippen molar-refractivity contribution in [2.45, 2.75) is 11.3 Å². The quantitative estimate of drug-likeness (QED) is 0.823. The molecule has 0 aliphatic carbocycles. The molecule has 22 heavy (non-hydrogen) atoms. The highest BCUT2D eigenvalue weighted by atomic mass is 32.2. The van der Waals surface area contributed by atoms with Crippen molar-refractivity contribution in [2.24, 2.45) is 0 Å². The van der Waals surface area contributed by atoms with Crippen molar-refractivity contribution >= 4 is 21.7 Å². The molecular weight excluding hydrogens is 306 g/mol. The number of carboxylic acids is 1. The van der Waals surface area contributed by atoms with Crippen LogP contribution < -0.4 is 4.47 Å². The van der Waals surface area contributed by atoms with E-state index in [1.165, 1.54) is 31.4 Å². The highest BCUT2D eigenvalue weighted by molar-refractivity contribution is 7.92. The molecule has 0 spiro atoms. The Morgan fingerprint density at radius 2 is 1.68 bits per heavy atom. The van der Waals surface area contributed by atoms with E-state index >= 15 is 0 Å². The molecule has 0 heterocycles. The number of para-hydroxylation sites is 1. The summed E-state index contributed by atoms with van der Waals surface area (Å²) in [7, 11) is -2.62. The summed E-state index contributed by atoms with van der Waals surface area (Å²) < 4.78 is 26.0. The van der Waals surface area contributed by atoms with Crippen LogP contribution in [0.2, 0.25) is 0 Å². The molecule has 1 N–H and O–H groups in total. The lowest BCUT2D eigenvalue weighted by Gasteiger charge is -2.21. The molecule has 2 aromatic rings. The molecule has 0 amide bonds. The average Bonchev–Trinajstić information content (AvgIpc) is 2.49. The zero-order valence-electron chi connectivity index (χ0n) is 11.8. The molecule has 0 radical (unpaired) electrons. The Hall–Kier alpha value is -2.38. The Bertz CT molecular complexity index is 741. The third-order valence-corrected chi connectivity index (χ3v) is 4.59. The molecule has 0 aliphatic rings. The summed E-state index contributed by atoms with van der Waals surface area (Å²) in [6.45, 7) is 0. The van der Waals surface area contributed by atoms with Crippen LogP contribution in [-0.2, 0) is 26.1 Å². The molecule has 0 atom stereocenters. The lowest BCUT2D eigenvalue weighted by atomic mass is 10.2. The number of nitrogens with zero attached hydrogens (tertiary/aromatic N) is 1. The molecule has 2 aromatic carbocycles. The lowest BCUT2D eigenvalue weighted by Crippen LogP contribution is -2.29. The summed E-state index contributed by atoms with van der Waals surface area (Å²) in [6.07, 6.45) is -0.160. The van der Waals surface area contributed by atoms with Crippen molar-refractivity contribution in [3.8, 4) is 0 Å². The maximum absolute atomic E-state index is 12.6. The van der Waals surface area contributed by atoms with Crippen molar-refractivity contribution in [3.63, 3.8) is 0 Å². The second-order valence-electron chi connectivity index (χ2n) is 4.46. The van der Waals surface area contributed by atoms with Crippen molar-refractivity contribution < 1.29 is 23.2 Å². The van der Waals surface area contributed by atoms with Gasteiger partial charge in [0.25, 0.3) is 10.0 Å². The largest absolute Gasteiger partial charge is 0.481 e. The van der Waals surface area contributed by atoms with Gasteiger partial charge >= 0.3 is 5.97 Å². The van der Waals surface area contributed by atoms with Gasteiger partial charge in [-0.25, -0.2) is 0 Å². The number of sulfonamides is 1. The molecule has 0 saturated carbocycles. The SMILES string of the molecule is CON(c1ccccc1)S(=O)(=O)c1ccc(CC(=O)O)cc1. The van der Waals surface area contributed by atoms with E-state index in [0.717, 1.165) is 4.47 Å². The van der Waals surface area contributed by atoms with Crippen LogP contribution in [0.5, 0.6) is 0 Å². The van der Waals surface area contributed by atoms with Crippen LogP contribution in [0.3, 0.4) is 0 Å². The number of aliphatic carboxylic acids is 1. The molecular formula is C15H15NO5S. The van der Waals surface area contributed by atoms with Crippen LogP contribution in [0, 0.1) is 0 Å². The molecule has 116 valence electrons. The van der Waals surface area contributed by atoms with Gasteiger partial charge in [0.1, 0.15) is 0 Å². The first-order chi connectivity index (χ1) is 10.4. The minimum absolute atomic E-state index is 0.0207. The third kappa shape index (κ3) is 3.44. The monoisotopic (exact) mass is 321 g/mol. The van der Waals surface area contributed by atoms with Gasteiger partial charge in [-0.05, 0) is 29.8 Å². The van der Waals surface area contributed by atoms with Crippen LogP contribution in [0.25, 0.3) is 0 Å². The van der Waals surface area contributed by atoms with Gasteiger partial charge in [-0.15, -0.1) is 4.47 Å². The first-order valence-electron chi connectivity index (χ1n) is 6.40. The second-order valence-corrected chi connectivity index (χ2v) is 6.22. The van der Waals surface area contributed by atoms with Crippen LogP contribution >= 0.6 is 0 Å². The maximum atomic E-state index is 12.6. The predicted molar refractivity (Wildman–Crippen MR) is 80.9 cm³/mol. The highest BCUT2D eigenvalue weighted by Crippen LogP contribution is 2.23. The first kappa shape index (κ1) is 16.0. The summed E-state index contributed by atoms with van der Waals surface area (Å²) >= 11 is 0. The van der Waals surface area contributed by atoms with Crippen molar-refractivity contribution in [1.82, 2.24) is 0 Å². The Morgan fingerprint density at radius 3 is 2.18 bits per heavy atom. The summed E-state index contributed by atoms with van der Waals surface area (Å²) in [5.41, 5.74) is 0.898. The summed E-state index contributed by atoms with van der Waals surface area (Å²) in [4.78, 5) is 15.7. The van der Waals surface area contributed by atoms with Crippen LogP contribution in [0.4, 0.5) is 5.69 Å². The lowest BCUT2D eigenvalue weighted by molar-refractivity contribution is -0.136. The summed E-state index contributed by atoms with van der Waals surface area (Å²) in [6, 6.07) is 14.1. The molecule has 0 unspecified atom stereocenters. The topological polar surface area (TPSA) is 83.9 Å². The minimum atomic E-state index is -3.89. The maximum Gasteiger partial charge on any atom is 0.307 e. The van der Waals surface area contributed by atoms with Gasteiger partial charge in [-0.2, -0.15) is 8.42 Å². The van der Waals surface area contributed by atoms with Gasteiger partial charge in [0.05, 0.1) is 24.1 Å². The number of hydrogen-bond acceptors (Lipinski definition) is 4. The fourth-order valence-corrected chi connectivity index (χ4v) is 3.21. The van der Waals surface area contributed by atoms with E-state index in [0.29, 0.717) is 11.3 Å². The summed E-state index contributed by atoms with van der Waals surface area (Å²) in [5, 5.41) is 8.72. The van der Waals surface area contributed by atoms with E-state index in [2.05, 4.69) is 0 Å². The molecule has 6 nitrogen and oxygen atoms in total.